The van der Waals surface area contributed by atoms with Gasteiger partial charge in [0.25, 0.3) is 0 Å². The summed E-state index contributed by atoms with van der Waals surface area (Å²) in [5.74, 6) is 0. The molecule has 0 aliphatic heterocycles. The number of thiophene rings is 1. The van der Waals surface area contributed by atoms with E-state index in [0.717, 1.165) is 29.3 Å². The van der Waals surface area contributed by atoms with Gasteiger partial charge in [-0.15, -0.1) is 0 Å². The van der Waals surface area contributed by atoms with Crippen LogP contribution in [0.3, 0.4) is 0 Å². The molecule has 0 aliphatic rings. The smallest absolute Gasteiger partial charge is 0.174 e. The van der Waals surface area contributed by atoms with E-state index in [1.54, 1.807) is 6.07 Å². The number of carbonyl (C=O) groups excluding carboxylic acids is 1. The van der Waals surface area contributed by atoms with Crippen molar-refractivity contribution in [3.63, 3.8) is 0 Å². The van der Waals surface area contributed by atoms with Crippen LogP contribution in [-0.2, 0) is 0 Å². The molecule has 72 valence electrons. The monoisotopic (exact) mass is 198 g/mol. The summed E-state index contributed by atoms with van der Waals surface area (Å²) >= 11 is 1.40. The van der Waals surface area contributed by atoms with Crippen molar-refractivity contribution in [1.82, 2.24) is 0 Å². The second-order valence-electron chi connectivity index (χ2n) is 2.83. The minimum Gasteiger partial charge on any atom is -0.484 e. The molecule has 1 aromatic heterocycles. The van der Waals surface area contributed by atoms with Crippen LogP contribution in [0, 0.1) is 0 Å². The summed E-state index contributed by atoms with van der Waals surface area (Å²) in [5, 5.41) is 0.846. The third-order valence-electron chi connectivity index (χ3n) is 1.71. The van der Waals surface area contributed by atoms with Crippen molar-refractivity contribution in [3.05, 3.63) is 17.0 Å². The van der Waals surface area contributed by atoms with Crippen molar-refractivity contribution < 1.29 is 9.53 Å². The molecule has 0 atom stereocenters. The molecule has 1 rings (SSSR count). The molecular formula is C10H14O2S. The minimum absolute atomic E-state index is 0.727. The third-order valence-corrected chi connectivity index (χ3v) is 2.63. The summed E-state index contributed by atoms with van der Waals surface area (Å²) < 4.78 is 5.45. The van der Waals surface area contributed by atoms with E-state index in [4.69, 9.17) is 4.74 Å². The lowest BCUT2D eigenvalue weighted by Crippen LogP contribution is -1.94. The highest BCUT2D eigenvalue weighted by Gasteiger charge is 1.98. The molecule has 0 unspecified atom stereocenters. The number of unbranched alkanes of at least 4 members (excludes halogenated alkanes) is 2. The van der Waals surface area contributed by atoms with Gasteiger partial charge >= 0.3 is 0 Å². The van der Waals surface area contributed by atoms with Crippen molar-refractivity contribution in [2.45, 2.75) is 26.2 Å². The van der Waals surface area contributed by atoms with Gasteiger partial charge in [-0.2, -0.15) is 0 Å². The van der Waals surface area contributed by atoms with Gasteiger partial charge in [-0.3, -0.25) is 4.79 Å². The zero-order chi connectivity index (χ0) is 9.52. The first kappa shape index (κ1) is 10.3. The van der Waals surface area contributed by atoms with E-state index in [1.807, 2.05) is 6.07 Å². The molecule has 0 saturated carbocycles. The van der Waals surface area contributed by atoms with Crippen LogP contribution >= 0.6 is 11.3 Å². The lowest BCUT2D eigenvalue weighted by atomic mass is 10.3. The number of carbonyl (C=O) groups is 1. The van der Waals surface area contributed by atoms with Gasteiger partial charge in [0.2, 0.25) is 0 Å². The van der Waals surface area contributed by atoms with Gasteiger partial charge in [0.05, 0.1) is 11.5 Å². The van der Waals surface area contributed by atoms with Crippen LogP contribution in [-0.4, -0.2) is 12.9 Å². The molecule has 0 aromatic carbocycles. The molecule has 0 fully saturated rings. The predicted molar refractivity (Wildman–Crippen MR) is 54.7 cm³/mol. The Bertz CT molecular complexity index is 255. The molecule has 3 heteroatoms. The van der Waals surface area contributed by atoms with Crippen LogP contribution in [0.2, 0.25) is 0 Å². The lowest BCUT2D eigenvalue weighted by molar-refractivity contribution is 0.112. The first-order chi connectivity index (χ1) is 6.36. The predicted octanol–water partition coefficient (Wildman–Crippen LogP) is 3.13. The zero-order valence-corrected chi connectivity index (χ0v) is 8.60. The van der Waals surface area contributed by atoms with E-state index in [0.29, 0.717) is 0 Å². The van der Waals surface area contributed by atoms with Crippen LogP contribution in [0.5, 0.6) is 5.06 Å². The second-order valence-corrected chi connectivity index (χ2v) is 3.91. The fourth-order valence-electron chi connectivity index (χ4n) is 1.00. The molecular weight excluding hydrogens is 184 g/mol. The SMILES string of the molecule is CCCCCOc1ccc(C=O)s1. The number of ether oxygens (including phenoxy) is 1. The van der Waals surface area contributed by atoms with Crippen LogP contribution in [0.1, 0.15) is 35.9 Å². The van der Waals surface area contributed by atoms with Crippen molar-refractivity contribution in [3.8, 4) is 5.06 Å². The minimum atomic E-state index is 0.727. The van der Waals surface area contributed by atoms with Crippen molar-refractivity contribution >= 4 is 17.6 Å². The molecule has 1 aromatic rings. The van der Waals surface area contributed by atoms with Gasteiger partial charge in [-0.25, -0.2) is 0 Å². The fraction of sp³-hybridized carbons (Fsp3) is 0.500. The molecule has 0 bridgehead atoms. The summed E-state index contributed by atoms with van der Waals surface area (Å²) in [5.41, 5.74) is 0. The second kappa shape index (κ2) is 5.75. The van der Waals surface area contributed by atoms with Crippen molar-refractivity contribution in [1.29, 1.82) is 0 Å². The van der Waals surface area contributed by atoms with Crippen molar-refractivity contribution in [2.75, 3.05) is 6.61 Å². The van der Waals surface area contributed by atoms with E-state index in [2.05, 4.69) is 6.92 Å². The highest BCUT2D eigenvalue weighted by Crippen LogP contribution is 2.22. The summed E-state index contributed by atoms with van der Waals surface area (Å²) in [4.78, 5) is 11.1. The summed E-state index contributed by atoms with van der Waals surface area (Å²) in [6, 6.07) is 3.63. The van der Waals surface area contributed by atoms with E-state index < -0.39 is 0 Å². The Morgan fingerprint density at radius 2 is 2.31 bits per heavy atom. The summed E-state index contributed by atoms with van der Waals surface area (Å²) in [7, 11) is 0. The maximum atomic E-state index is 10.4. The maximum Gasteiger partial charge on any atom is 0.174 e. The van der Waals surface area contributed by atoms with Gasteiger partial charge in [0.15, 0.2) is 11.3 Å². The van der Waals surface area contributed by atoms with Gasteiger partial charge in [-0.05, 0) is 18.6 Å². The number of hydrogen-bond donors (Lipinski definition) is 0. The maximum absolute atomic E-state index is 10.4. The third kappa shape index (κ3) is 3.59. The molecule has 13 heavy (non-hydrogen) atoms. The lowest BCUT2D eigenvalue weighted by Gasteiger charge is -2.00. The Kier molecular flexibility index (Phi) is 4.54. The zero-order valence-electron chi connectivity index (χ0n) is 7.79. The molecule has 2 nitrogen and oxygen atoms in total. The van der Waals surface area contributed by atoms with Gasteiger partial charge in [0, 0.05) is 0 Å². The van der Waals surface area contributed by atoms with E-state index >= 15 is 0 Å². The van der Waals surface area contributed by atoms with Gasteiger partial charge < -0.3 is 4.74 Å². The Balaban J connectivity index is 2.24. The van der Waals surface area contributed by atoms with E-state index in [1.165, 1.54) is 24.2 Å². The van der Waals surface area contributed by atoms with Gasteiger partial charge in [-0.1, -0.05) is 31.1 Å². The van der Waals surface area contributed by atoms with Gasteiger partial charge in [0.1, 0.15) is 0 Å². The molecule has 0 N–H and O–H groups in total. The van der Waals surface area contributed by atoms with Crippen molar-refractivity contribution in [2.24, 2.45) is 0 Å². The fourth-order valence-corrected chi connectivity index (χ4v) is 1.69. The quantitative estimate of drug-likeness (QED) is 0.518. The average Bonchev–Trinajstić information content (AvgIpc) is 2.60. The Morgan fingerprint density at radius 1 is 1.46 bits per heavy atom. The highest BCUT2D eigenvalue weighted by atomic mass is 32.1. The normalized spacial score (nSPS) is 9.92. The summed E-state index contributed by atoms with van der Waals surface area (Å²) in [6.07, 6.45) is 4.34. The van der Waals surface area contributed by atoms with Crippen LogP contribution < -0.4 is 4.74 Å². The Hall–Kier alpha value is -0.830. The average molecular weight is 198 g/mol. The largest absolute Gasteiger partial charge is 0.484 e. The first-order valence-electron chi connectivity index (χ1n) is 4.54. The van der Waals surface area contributed by atoms with Crippen LogP contribution in [0.15, 0.2) is 12.1 Å². The molecule has 0 radical (unpaired) electrons. The van der Waals surface area contributed by atoms with E-state index in [9.17, 15) is 4.79 Å². The molecule has 0 amide bonds. The first-order valence-corrected chi connectivity index (χ1v) is 5.36. The highest BCUT2D eigenvalue weighted by molar-refractivity contribution is 7.15. The molecule has 1 heterocycles. The topological polar surface area (TPSA) is 26.3 Å². The number of hydrogen-bond acceptors (Lipinski definition) is 3. The Morgan fingerprint density at radius 3 is 2.92 bits per heavy atom. The number of aldehydes is 1. The van der Waals surface area contributed by atoms with E-state index in [-0.39, 0.29) is 0 Å². The standard InChI is InChI=1S/C10H14O2S/c1-2-3-4-7-12-10-6-5-9(8-11)13-10/h5-6,8H,2-4,7H2,1H3. The molecule has 0 spiro atoms. The molecule has 0 aliphatic carbocycles. The Labute approximate surface area is 82.5 Å². The van der Waals surface area contributed by atoms with Crippen LogP contribution in [0.25, 0.3) is 0 Å². The molecule has 0 saturated heterocycles. The number of rotatable bonds is 6. The van der Waals surface area contributed by atoms with Crippen LogP contribution in [0.4, 0.5) is 0 Å². The summed E-state index contributed by atoms with van der Waals surface area (Å²) in [6.45, 7) is 2.92.